The van der Waals surface area contributed by atoms with Crippen molar-refractivity contribution >= 4 is 5.91 Å². The van der Waals surface area contributed by atoms with Gasteiger partial charge in [0.2, 0.25) is 0 Å². The number of carbonyl (C=O) groups is 1. The molecule has 1 aromatic carbocycles. The van der Waals surface area contributed by atoms with Crippen molar-refractivity contribution < 1.29 is 9.18 Å². The van der Waals surface area contributed by atoms with Gasteiger partial charge in [-0.2, -0.15) is 0 Å². The summed E-state index contributed by atoms with van der Waals surface area (Å²) in [6.07, 6.45) is 4.68. The van der Waals surface area contributed by atoms with Gasteiger partial charge in [-0.3, -0.25) is 9.59 Å². The highest BCUT2D eigenvalue weighted by atomic mass is 19.1. The summed E-state index contributed by atoms with van der Waals surface area (Å²) < 4.78 is 15.2. The van der Waals surface area contributed by atoms with Crippen LogP contribution in [0.25, 0.3) is 5.69 Å². The monoisotopic (exact) mass is 286 g/mol. The van der Waals surface area contributed by atoms with Crippen LogP contribution in [0.5, 0.6) is 0 Å². The normalized spacial score (nSPS) is 13.8. The molecule has 0 bridgehead atoms. The lowest BCUT2D eigenvalue weighted by Gasteiger charge is -2.22. The molecule has 0 unspecified atom stereocenters. The van der Waals surface area contributed by atoms with E-state index < -0.39 is 5.91 Å². The molecule has 3 rings (SSSR count). The number of nitrogens with zero attached hydrogens (tertiary/aromatic N) is 1. The number of rotatable bonds is 2. The largest absolute Gasteiger partial charge is 0.365 e. The first-order valence-electron chi connectivity index (χ1n) is 6.91. The molecule has 0 saturated carbocycles. The van der Waals surface area contributed by atoms with Gasteiger partial charge in [-0.25, -0.2) is 4.39 Å². The van der Waals surface area contributed by atoms with Gasteiger partial charge < -0.3 is 10.3 Å². The summed E-state index contributed by atoms with van der Waals surface area (Å²) in [7, 11) is 0. The molecule has 0 fully saturated rings. The van der Waals surface area contributed by atoms with Crippen molar-refractivity contribution in [3.8, 4) is 5.69 Å². The number of benzene rings is 1. The summed E-state index contributed by atoms with van der Waals surface area (Å²) in [6.45, 7) is 0. The topological polar surface area (TPSA) is 65.1 Å². The van der Waals surface area contributed by atoms with Crippen molar-refractivity contribution in [2.45, 2.75) is 25.7 Å². The maximum atomic E-state index is 13.5. The number of aromatic nitrogens is 1. The van der Waals surface area contributed by atoms with Crippen LogP contribution in [-0.4, -0.2) is 10.5 Å². The quantitative estimate of drug-likeness (QED) is 0.917. The fourth-order valence-corrected chi connectivity index (χ4v) is 2.86. The number of amides is 1. The minimum Gasteiger partial charge on any atom is -0.365 e. The van der Waals surface area contributed by atoms with Crippen LogP contribution in [-0.2, 0) is 12.8 Å². The van der Waals surface area contributed by atoms with Crippen LogP contribution in [0.15, 0.2) is 35.3 Å². The molecular weight excluding hydrogens is 271 g/mol. The molecule has 0 saturated heterocycles. The SMILES string of the molecule is NC(=O)c1cn(-c2cccc(F)c2)c2c(c1=O)CCCC2. The van der Waals surface area contributed by atoms with E-state index in [2.05, 4.69) is 0 Å². The highest BCUT2D eigenvalue weighted by molar-refractivity contribution is 5.92. The first-order chi connectivity index (χ1) is 10.1. The van der Waals surface area contributed by atoms with Crippen LogP contribution in [0, 0.1) is 5.82 Å². The number of nitrogens with two attached hydrogens (primary N) is 1. The van der Waals surface area contributed by atoms with Gasteiger partial charge in [0.1, 0.15) is 11.4 Å². The van der Waals surface area contributed by atoms with E-state index in [-0.39, 0.29) is 16.8 Å². The highest BCUT2D eigenvalue weighted by Gasteiger charge is 2.21. The molecule has 0 spiro atoms. The van der Waals surface area contributed by atoms with Crippen LogP contribution in [0.2, 0.25) is 0 Å². The molecule has 1 aliphatic carbocycles. The summed E-state index contributed by atoms with van der Waals surface area (Å²) in [6, 6.07) is 6.08. The van der Waals surface area contributed by atoms with Gasteiger partial charge in [-0.05, 0) is 43.9 Å². The molecule has 4 nitrogen and oxygen atoms in total. The Bertz CT molecular complexity index is 780. The molecule has 0 aliphatic heterocycles. The van der Waals surface area contributed by atoms with Gasteiger partial charge in [0.25, 0.3) is 5.91 Å². The van der Waals surface area contributed by atoms with Crippen LogP contribution >= 0.6 is 0 Å². The first kappa shape index (κ1) is 13.5. The van der Waals surface area contributed by atoms with Crippen LogP contribution < -0.4 is 11.2 Å². The van der Waals surface area contributed by atoms with E-state index in [1.54, 1.807) is 16.7 Å². The molecular formula is C16H15FN2O2. The summed E-state index contributed by atoms with van der Waals surface area (Å²) >= 11 is 0. The zero-order chi connectivity index (χ0) is 15.0. The molecule has 108 valence electrons. The van der Waals surface area contributed by atoms with Crippen LogP contribution in [0.1, 0.15) is 34.5 Å². The van der Waals surface area contributed by atoms with Gasteiger partial charge in [0.15, 0.2) is 5.43 Å². The van der Waals surface area contributed by atoms with Gasteiger partial charge >= 0.3 is 0 Å². The number of hydrogen-bond acceptors (Lipinski definition) is 2. The molecule has 1 aliphatic rings. The molecule has 5 heteroatoms. The molecule has 1 heterocycles. The Morgan fingerprint density at radius 2 is 2.00 bits per heavy atom. The van der Waals surface area contributed by atoms with Crippen molar-refractivity contribution in [3.05, 3.63) is 63.3 Å². The second kappa shape index (κ2) is 5.16. The number of pyridine rings is 1. The Labute approximate surface area is 121 Å². The molecule has 0 atom stereocenters. The molecule has 0 radical (unpaired) electrons. The number of fused-ring (bicyclic) bond motifs is 1. The number of hydrogen-bond donors (Lipinski definition) is 1. The summed E-state index contributed by atoms with van der Waals surface area (Å²) in [5.74, 6) is -1.12. The van der Waals surface area contributed by atoms with Gasteiger partial charge in [0.05, 0.1) is 0 Å². The van der Waals surface area contributed by atoms with Crippen molar-refractivity contribution in [1.29, 1.82) is 0 Å². The van der Waals surface area contributed by atoms with Crippen molar-refractivity contribution in [3.63, 3.8) is 0 Å². The Kier molecular flexibility index (Phi) is 3.33. The van der Waals surface area contributed by atoms with Gasteiger partial charge in [0, 0.05) is 23.1 Å². The van der Waals surface area contributed by atoms with Crippen molar-refractivity contribution in [2.24, 2.45) is 5.73 Å². The Hall–Kier alpha value is -2.43. The third-order valence-electron chi connectivity index (χ3n) is 3.86. The van der Waals surface area contributed by atoms with Crippen LogP contribution in [0.3, 0.4) is 0 Å². The summed E-state index contributed by atoms with van der Waals surface area (Å²) in [5.41, 5.74) is 7.04. The predicted molar refractivity (Wildman–Crippen MR) is 77.2 cm³/mol. The van der Waals surface area contributed by atoms with Crippen LogP contribution in [0.4, 0.5) is 4.39 Å². The third kappa shape index (κ3) is 2.35. The lowest BCUT2D eigenvalue weighted by Crippen LogP contribution is -2.30. The van der Waals surface area contributed by atoms with E-state index in [0.717, 1.165) is 25.0 Å². The fraction of sp³-hybridized carbons (Fsp3) is 0.250. The average Bonchev–Trinajstić information content (AvgIpc) is 2.47. The number of halogens is 1. The Morgan fingerprint density at radius 3 is 2.71 bits per heavy atom. The van der Waals surface area contributed by atoms with E-state index in [4.69, 9.17) is 5.73 Å². The molecule has 2 aromatic rings. The summed E-state index contributed by atoms with van der Waals surface area (Å²) in [5, 5.41) is 0. The standard InChI is InChI=1S/C16H15FN2O2/c17-10-4-3-5-11(8-10)19-9-13(16(18)21)15(20)12-6-1-2-7-14(12)19/h3-5,8-9H,1-2,6-7H2,(H2,18,21). The second-order valence-electron chi connectivity index (χ2n) is 5.22. The van der Waals surface area contributed by atoms with E-state index in [1.165, 1.54) is 18.3 Å². The molecule has 21 heavy (non-hydrogen) atoms. The maximum absolute atomic E-state index is 13.5. The van der Waals surface area contributed by atoms with E-state index in [0.29, 0.717) is 17.7 Å². The summed E-state index contributed by atoms with van der Waals surface area (Å²) in [4.78, 5) is 23.8. The first-order valence-corrected chi connectivity index (χ1v) is 6.91. The average molecular weight is 286 g/mol. The fourth-order valence-electron chi connectivity index (χ4n) is 2.86. The van der Waals surface area contributed by atoms with E-state index >= 15 is 0 Å². The molecule has 2 N–H and O–H groups in total. The smallest absolute Gasteiger partial charge is 0.254 e. The van der Waals surface area contributed by atoms with E-state index in [9.17, 15) is 14.0 Å². The number of carbonyl (C=O) groups excluding carboxylic acids is 1. The highest BCUT2D eigenvalue weighted by Crippen LogP contribution is 2.22. The van der Waals surface area contributed by atoms with Crippen molar-refractivity contribution in [1.82, 2.24) is 4.57 Å². The number of primary amides is 1. The minimum absolute atomic E-state index is 0.0417. The van der Waals surface area contributed by atoms with Gasteiger partial charge in [-0.15, -0.1) is 0 Å². The zero-order valence-electron chi connectivity index (χ0n) is 11.4. The second-order valence-corrected chi connectivity index (χ2v) is 5.22. The maximum Gasteiger partial charge on any atom is 0.254 e. The van der Waals surface area contributed by atoms with Crippen molar-refractivity contribution in [2.75, 3.05) is 0 Å². The third-order valence-corrected chi connectivity index (χ3v) is 3.86. The Morgan fingerprint density at radius 1 is 1.24 bits per heavy atom. The van der Waals surface area contributed by atoms with E-state index in [1.807, 2.05) is 0 Å². The zero-order valence-corrected chi connectivity index (χ0v) is 11.4. The molecule has 1 amide bonds. The predicted octanol–water partition coefficient (Wildman–Crippen LogP) is 1.95. The lowest BCUT2D eigenvalue weighted by molar-refractivity contribution is 0.0998. The molecule has 1 aromatic heterocycles. The Balaban J connectivity index is 2.31. The van der Waals surface area contributed by atoms with Gasteiger partial charge in [-0.1, -0.05) is 6.07 Å². The minimum atomic E-state index is -0.751. The lowest BCUT2D eigenvalue weighted by atomic mass is 9.93.